The van der Waals surface area contributed by atoms with Gasteiger partial charge in [-0.15, -0.1) is 0 Å². The minimum Gasteiger partial charge on any atom is -0.493 e. The SMILES string of the molecule is [2H]C1CC12CCOc1ccc(I)cc12. The lowest BCUT2D eigenvalue weighted by molar-refractivity contribution is 0.260. The predicted octanol–water partition coefficient (Wildman–Crippen LogP) is 3.11. The van der Waals surface area contributed by atoms with Crippen molar-refractivity contribution in [3.63, 3.8) is 0 Å². The van der Waals surface area contributed by atoms with Crippen molar-refractivity contribution in [2.75, 3.05) is 6.61 Å². The fourth-order valence-electron chi connectivity index (χ4n) is 2.04. The summed E-state index contributed by atoms with van der Waals surface area (Å²) in [5.41, 5.74) is 1.42. The number of ether oxygens (including phenoxy) is 1. The van der Waals surface area contributed by atoms with Gasteiger partial charge >= 0.3 is 0 Å². The lowest BCUT2D eigenvalue weighted by Crippen LogP contribution is -2.19. The van der Waals surface area contributed by atoms with E-state index in [1.807, 2.05) is 6.07 Å². The second kappa shape index (κ2) is 2.62. The minimum absolute atomic E-state index is 0.100. The van der Waals surface area contributed by atoms with Crippen molar-refractivity contribution in [3.8, 4) is 5.75 Å². The molecule has 0 saturated heterocycles. The topological polar surface area (TPSA) is 9.23 Å². The average Bonchev–Trinajstić information content (AvgIpc) is 2.80. The van der Waals surface area contributed by atoms with E-state index in [1.165, 1.54) is 9.13 Å². The van der Waals surface area contributed by atoms with E-state index in [-0.39, 0.29) is 11.8 Å². The molecule has 1 aliphatic heterocycles. The zero-order chi connectivity index (χ0) is 9.76. The lowest BCUT2D eigenvalue weighted by atomic mass is 9.90. The van der Waals surface area contributed by atoms with Crippen LogP contribution in [0.3, 0.4) is 0 Å². The number of benzene rings is 1. The number of hydrogen-bond acceptors (Lipinski definition) is 1. The molecule has 2 aliphatic rings. The molecule has 0 amide bonds. The largest absolute Gasteiger partial charge is 0.493 e. The number of halogens is 1. The van der Waals surface area contributed by atoms with E-state index in [0.717, 1.165) is 25.2 Å². The monoisotopic (exact) mass is 287 g/mol. The first-order chi connectivity index (χ1) is 6.72. The highest BCUT2D eigenvalue weighted by molar-refractivity contribution is 14.1. The number of rotatable bonds is 0. The van der Waals surface area contributed by atoms with E-state index in [9.17, 15) is 0 Å². The van der Waals surface area contributed by atoms with Gasteiger partial charge in [-0.2, -0.15) is 0 Å². The van der Waals surface area contributed by atoms with Gasteiger partial charge in [-0.3, -0.25) is 0 Å². The van der Waals surface area contributed by atoms with E-state index in [1.54, 1.807) is 0 Å². The molecule has 2 atom stereocenters. The third-order valence-corrected chi connectivity index (χ3v) is 3.65. The summed E-state index contributed by atoms with van der Waals surface area (Å²) >= 11 is 2.32. The highest BCUT2D eigenvalue weighted by Gasteiger charge is 2.47. The fraction of sp³-hybridized carbons (Fsp3) is 0.455. The van der Waals surface area contributed by atoms with Crippen LogP contribution >= 0.6 is 22.6 Å². The maximum Gasteiger partial charge on any atom is 0.123 e. The van der Waals surface area contributed by atoms with E-state index < -0.39 is 0 Å². The van der Waals surface area contributed by atoms with Crippen LogP contribution in [0.15, 0.2) is 18.2 Å². The Balaban J connectivity index is 2.14. The molecule has 1 spiro atoms. The summed E-state index contributed by atoms with van der Waals surface area (Å²) in [7, 11) is 0. The normalized spacial score (nSPS) is 36.4. The van der Waals surface area contributed by atoms with E-state index in [4.69, 9.17) is 6.11 Å². The molecule has 13 heavy (non-hydrogen) atoms. The maximum atomic E-state index is 7.88. The Bertz CT molecular complexity index is 393. The average molecular weight is 287 g/mol. The first kappa shape index (κ1) is 7.10. The van der Waals surface area contributed by atoms with E-state index in [0.29, 0.717) is 0 Å². The van der Waals surface area contributed by atoms with Gasteiger partial charge in [0.25, 0.3) is 0 Å². The molecule has 1 fully saturated rings. The summed E-state index contributed by atoms with van der Waals surface area (Å²) in [5.74, 6) is 1.01. The van der Waals surface area contributed by atoms with Crippen molar-refractivity contribution in [2.45, 2.75) is 24.7 Å². The van der Waals surface area contributed by atoms with Crippen molar-refractivity contribution < 1.29 is 6.11 Å². The molecule has 3 rings (SSSR count). The smallest absolute Gasteiger partial charge is 0.123 e. The summed E-state index contributed by atoms with van der Waals surface area (Å²) in [5, 5.41) is 0. The Kier molecular flexibility index (Phi) is 1.43. The van der Waals surface area contributed by atoms with Gasteiger partial charge in [0.05, 0.1) is 6.61 Å². The van der Waals surface area contributed by atoms with Crippen LogP contribution in [0, 0.1) is 3.57 Å². The molecule has 1 heterocycles. The molecule has 1 aromatic carbocycles. The summed E-state index contributed by atoms with van der Waals surface area (Å²) < 4.78 is 14.7. The zero-order valence-corrected chi connectivity index (χ0v) is 9.37. The molecule has 1 aromatic rings. The Labute approximate surface area is 93.0 Å². The zero-order valence-electron chi connectivity index (χ0n) is 8.22. The summed E-state index contributed by atoms with van der Waals surface area (Å²) in [6.45, 7) is 0.781. The Morgan fingerprint density at radius 2 is 2.31 bits per heavy atom. The van der Waals surface area contributed by atoms with Crippen LogP contribution < -0.4 is 4.74 Å². The third kappa shape index (κ3) is 1.18. The van der Waals surface area contributed by atoms with Crippen molar-refractivity contribution >= 4 is 22.6 Å². The standard InChI is InChI=1S/C11H11IO/c12-8-1-2-10-9(7-8)11(3-4-11)5-6-13-10/h1-2,7H,3-6H2/i3D. The highest BCUT2D eigenvalue weighted by Crippen LogP contribution is 2.55. The number of fused-ring (bicyclic) bond motifs is 2. The van der Waals surface area contributed by atoms with Gasteiger partial charge in [-0.05, 0) is 60.0 Å². The number of hydrogen-bond donors (Lipinski definition) is 0. The molecule has 0 bridgehead atoms. The molecule has 68 valence electrons. The van der Waals surface area contributed by atoms with Gasteiger partial charge in [0, 0.05) is 15.9 Å². The second-order valence-corrected chi connectivity index (χ2v) is 5.05. The van der Waals surface area contributed by atoms with Crippen molar-refractivity contribution in [2.24, 2.45) is 0 Å². The van der Waals surface area contributed by atoms with Crippen molar-refractivity contribution in [3.05, 3.63) is 27.3 Å². The molecule has 2 heteroatoms. The molecule has 1 saturated carbocycles. The van der Waals surface area contributed by atoms with Crippen LogP contribution in [0.5, 0.6) is 5.75 Å². The molecule has 2 unspecified atom stereocenters. The Hall–Kier alpha value is -0.250. The summed E-state index contributed by atoms with van der Waals surface area (Å²) in [4.78, 5) is 0. The van der Waals surface area contributed by atoms with Gasteiger partial charge in [-0.25, -0.2) is 0 Å². The summed E-state index contributed by atoms with van der Waals surface area (Å²) in [6.07, 6.45) is 2.14. The predicted molar refractivity (Wildman–Crippen MR) is 60.2 cm³/mol. The van der Waals surface area contributed by atoms with Crippen molar-refractivity contribution in [1.29, 1.82) is 0 Å². The van der Waals surface area contributed by atoms with Gasteiger partial charge in [0.15, 0.2) is 0 Å². The minimum atomic E-state index is 0.100. The quantitative estimate of drug-likeness (QED) is 0.666. The second-order valence-electron chi connectivity index (χ2n) is 3.80. The van der Waals surface area contributed by atoms with E-state index >= 15 is 0 Å². The Morgan fingerprint density at radius 1 is 1.46 bits per heavy atom. The molecular formula is C11H11IO. The van der Waals surface area contributed by atoms with Crippen LogP contribution in [0.1, 0.15) is 26.2 Å². The molecule has 0 N–H and O–H groups in total. The molecule has 1 nitrogen and oxygen atoms in total. The van der Waals surface area contributed by atoms with Gasteiger partial charge in [0.2, 0.25) is 0 Å². The van der Waals surface area contributed by atoms with Crippen LogP contribution in [0.4, 0.5) is 0 Å². The van der Waals surface area contributed by atoms with Crippen molar-refractivity contribution in [1.82, 2.24) is 0 Å². The Morgan fingerprint density at radius 3 is 3.08 bits per heavy atom. The molecule has 1 aliphatic carbocycles. The van der Waals surface area contributed by atoms with E-state index in [2.05, 4.69) is 34.7 Å². The summed E-state index contributed by atoms with van der Waals surface area (Å²) in [6, 6.07) is 6.30. The highest BCUT2D eigenvalue weighted by atomic mass is 127. The lowest BCUT2D eigenvalue weighted by Gasteiger charge is -2.25. The van der Waals surface area contributed by atoms with Gasteiger partial charge in [-0.1, -0.05) is 0 Å². The first-order valence-electron chi connectivity index (χ1n) is 5.15. The third-order valence-electron chi connectivity index (χ3n) is 2.98. The van der Waals surface area contributed by atoms with Crippen LogP contribution in [0.2, 0.25) is 0 Å². The maximum absolute atomic E-state index is 7.88. The van der Waals surface area contributed by atoms with Crippen LogP contribution in [0.25, 0.3) is 0 Å². The van der Waals surface area contributed by atoms with Crippen LogP contribution in [-0.4, -0.2) is 6.61 Å². The van der Waals surface area contributed by atoms with Gasteiger partial charge < -0.3 is 4.74 Å². The molecule has 0 aromatic heterocycles. The van der Waals surface area contributed by atoms with Crippen LogP contribution in [-0.2, 0) is 5.41 Å². The van der Waals surface area contributed by atoms with Gasteiger partial charge in [0.1, 0.15) is 5.75 Å². The molecular weight excluding hydrogens is 275 g/mol. The molecule has 0 radical (unpaired) electrons. The first-order valence-corrected chi connectivity index (χ1v) is 5.65. The fourth-order valence-corrected chi connectivity index (χ4v) is 2.53.